The fourth-order valence-electron chi connectivity index (χ4n) is 1.80. The third-order valence-electron chi connectivity index (χ3n) is 2.92. The zero-order chi connectivity index (χ0) is 15.8. The zero-order valence-corrected chi connectivity index (χ0v) is 13.0. The van der Waals surface area contributed by atoms with Crippen LogP contribution in [0.1, 0.15) is 23.7 Å². The number of methoxy groups -OCH3 is 1. The summed E-state index contributed by atoms with van der Waals surface area (Å²) >= 11 is 0. The SMILES string of the molecule is CCC(=O)Nc1ccc(N(C)C)c(C(=O)NCCOC)c1. The maximum absolute atomic E-state index is 12.2. The Hall–Kier alpha value is -2.08. The van der Waals surface area contributed by atoms with E-state index in [9.17, 15) is 9.59 Å². The molecule has 6 nitrogen and oxygen atoms in total. The van der Waals surface area contributed by atoms with Crippen molar-refractivity contribution in [2.24, 2.45) is 0 Å². The molecule has 0 aliphatic heterocycles. The first kappa shape index (κ1) is 17.0. The lowest BCUT2D eigenvalue weighted by atomic mass is 10.1. The van der Waals surface area contributed by atoms with E-state index in [0.717, 1.165) is 5.69 Å². The largest absolute Gasteiger partial charge is 0.383 e. The Morgan fingerprint density at radius 2 is 2.00 bits per heavy atom. The van der Waals surface area contributed by atoms with Crippen LogP contribution in [0.4, 0.5) is 11.4 Å². The molecule has 0 saturated carbocycles. The molecule has 0 heterocycles. The molecule has 0 fully saturated rings. The molecule has 1 aromatic carbocycles. The molecule has 0 aliphatic carbocycles. The molecule has 0 saturated heterocycles. The molecule has 1 rings (SSSR count). The highest BCUT2D eigenvalue weighted by atomic mass is 16.5. The van der Waals surface area contributed by atoms with Crippen LogP contribution in [0.2, 0.25) is 0 Å². The van der Waals surface area contributed by atoms with Gasteiger partial charge in [-0.2, -0.15) is 0 Å². The Bertz CT molecular complexity index is 501. The van der Waals surface area contributed by atoms with Crippen molar-refractivity contribution < 1.29 is 14.3 Å². The number of anilines is 2. The first-order valence-corrected chi connectivity index (χ1v) is 6.88. The van der Waals surface area contributed by atoms with Gasteiger partial charge in [0, 0.05) is 45.5 Å². The summed E-state index contributed by atoms with van der Waals surface area (Å²) in [5, 5.41) is 5.54. The summed E-state index contributed by atoms with van der Waals surface area (Å²) in [6.45, 7) is 2.67. The van der Waals surface area contributed by atoms with Crippen molar-refractivity contribution in [3.8, 4) is 0 Å². The van der Waals surface area contributed by atoms with Crippen LogP contribution in [0.15, 0.2) is 18.2 Å². The Morgan fingerprint density at radius 1 is 1.29 bits per heavy atom. The van der Waals surface area contributed by atoms with Gasteiger partial charge in [-0.1, -0.05) is 6.92 Å². The van der Waals surface area contributed by atoms with Crippen LogP contribution in [0, 0.1) is 0 Å². The number of rotatable bonds is 7. The van der Waals surface area contributed by atoms with Crippen molar-refractivity contribution in [2.75, 3.05) is 44.6 Å². The van der Waals surface area contributed by atoms with E-state index in [1.165, 1.54) is 0 Å². The molecule has 6 heteroatoms. The second-order valence-corrected chi connectivity index (χ2v) is 4.78. The van der Waals surface area contributed by atoms with Gasteiger partial charge in [0.05, 0.1) is 12.2 Å². The van der Waals surface area contributed by atoms with Gasteiger partial charge >= 0.3 is 0 Å². The van der Waals surface area contributed by atoms with Crippen LogP contribution in [0.25, 0.3) is 0 Å². The van der Waals surface area contributed by atoms with Crippen molar-refractivity contribution in [2.45, 2.75) is 13.3 Å². The van der Waals surface area contributed by atoms with Gasteiger partial charge in [-0.15, -0.1) is 0 Å². The molecule has 0 aliphatic rings. The van der Waals surface area contributed by atoms with Crippen molar-refractivity contribution in [3.05, 3.63) is 23.8 Å². The summed E-state index contributed by atoms with van der Waals surface area (Å²) in [7, 11) is 5.31. The summed E-state index contributed by atoms with van der Waals surface area (Å²) in [4.78, 5) is 25.6. The average molecular weight is 293 g/mol. The average Bonchev–Trinajstić information content (AvgIpc) is 2.46. The number of amides is 2. The molecule has 21 heavy (non-hydrogen) atoms. The number of nitrogens with one attached hydrogen (secondary N) is 2. The topological polar surface area (TPSA) is 70.7 Å². The number of carbonyl (C=O) groups excluding carboxylic acids is 2. The predicted molar refractivity (Wildman–Crippen MR) is 83.9 cm³/mol. The highest BCUT2D eigenvalue weighted by molar-refractivity contribution is 6.02. The molecule has 0 aromatic heterocycles. The minimum Gasteiger partial charge on any atom is -0.383 e. The smallest absolute Gasteiger partial charge is 0.253 e. The van der Waals surface area contributed by atoms with E-state index >= 15 is 0 Å². The van der Waals surface area contributed by atoms with Gasteiger partial charge in [0.15, 0.2) is 0 Å². The maximum Gasteiger partial charge on any atom is 0.253 e. The van der Waals surface area contributed by atoms with Gasteiger partial charge in [-0.05, 0) is 18.2 Å². The van der Waals surface area contributed by atoms with Gasteiger partial charge in [0.1, 0.15) is 0 Å². The van der Waals surface area contributed by atoms with E-state index in [1.54, 1.807) is 26.2 Å². The van der Waals surface area contributed by atoms with Gasteiger partial charge in [-0.3, -0.25) is 9.59 Å². The van der Waals surface area contributed by atoms with Crippen molar-refractivity contribution in [1.29, 1.82) is 0 Å². The van der Waals surface area contributed by atoms with Crippen LogP contribution in [-0.4, -0.2) is 46.2 Å². The van der Waals surface area contributed by atoms with E-state index in [4.69, 9.17) is 4.74 Å². The van der Waals surface area contributed by atoms with Crippen LogP contribution in [0.3, 0.4) is 0 Å². The standard InChI is InChI=1S/C15H23N3O3/c1-5-14(19)17-11-6-7-13(18(2)3)12(10-11)15(20)16-8-9-21-4/h6-7,10H,5,8-9H2,1-4H3,(H,16,20)(H,17,19). The van der Waals surface area contributed by atoms with Crippen LogP contribution in [-0.2, 0) is 9.53 Å². The fourth-order valence-corrected chi connectivity index (χ4v) is 1.80. The lowest BCUT2D eigenvalue weighted by molar-refractivity contribution is -0.115. The van der Waals surface area contributed by atoms with Crippen molar-refractivity contribution in [3.63, 3.8) is 0 Å². The summed E-state index contributed by atoms with van der Waals surface area (Å²) in [6.07, 6.45) is 0.394. The van der Waals surface area contributed by atoms with E-state index in [1.807, 2.05) is 25.1 Å². The lowest BCUT2D eigenvalue weighted by Crippen LogP contribution is -2.28. The fraction of sp³-hybridized carbons (Fsp3) is 0.467. The van der Waals surface area contributed by atoms with Crippen LogP contribution < -0.4 is 15.5 Å². The van der Waals surface area contributed by atoms with Crippen molar-refractivity contribution >= 4 is 23.2 Å². The monoisotopic (exact) mass is 293 g/mol. The molecule has 0 atom stereocenters. The Morgan fingerprint density at radius 3 is 2.57 bits per heavy atom. The number of carbonyl (C=O) groups is 2. The first-order valence-electron chi connectivity index (χ1n) is 6.88. The number of hydrogen-bond acceptors (Lipinski definition) is 4. The molecule has 0 spiro atoms. The third kappa shape index (κ3) is 5.07. The molecule has 2 N–H and O–H groups in total. The zero-order valence-electron chi connectivity index (χ0n) is 13.0. The summed E-state index contributed by atoms with van der Waals surface area (Å²) in [5.74, 6) is -0.276. The molecule has 0 bridgehead atoms. The Balaban J connectivity index is 2.98. The van der Waals surface area contributed by atoms with E-state index < -0.39 is 0 Å². The van der Waals surface area contributed by atoms with Gasteiger partial charge in [-0.25, -0.2) is 0 Å². The highest BCUT2D eigenvalue weighted by Crippen LogP contribution is 2.23. The lowest BCUT2D eigenvalue weighted by Gasteiger charge is -2.18. The predicted octanol–water partition coefficient (Wildman–Crippen LogP) is 1.48. The quantitative estimate of drug-likeness (QED) is 0.747. The second kappa shape index (κ2) is 8.26. The second-order valence-electron chi connectivity index (χ2n) is 4.78. The normalized spacial score (nSPS) is 10.1. The number of nitrogens with zero attached hydrogens (tertiary/aromatic N) is 1. The number of benzene rings is 1. The van der Waals surface area contributed by atoms with E-state index in [-0.39, 0.29) is 11.8 Å². The maximum atomic E-state index is 12.2. The molecule has 0 radical (unpaired) electrons. The molecule has 1 aromatic rings. The minimum absolute atomic E-state index is 0.0849. The number of ether oxygens (including phenoxy) is 1. The third-order valence-corrected chi connectivity index (χ3v) is 2.92. The van der Waals surface area contributed by atoms with Gasteiger partial charge < -0.3 is 20.3 Å². The van der Waals surface area contributed by atoms with E-state index in [0.29, 0.717) is 30.8 Å². The summed E-state index contributed by atoms with van der Waals surface area (Å²) in [6, 6.07) is 5.29. The first-order chi connectivity index (χ1) is 9.99. The molecule has 116 valence electrons. The highest BCUT2D eigenvalue weighted by Gasteiger charge is 2.14. The van der Waals surface area contributed by atoms with Crippen molar-refractivity contribution in [1.82, 2.24) is 5.32 Å². The molecule has 2 amide bonds. The molecular weight excluding hydrogens is 270 g/mol. The minimum atomic E-state index is -0.191. The Labute approximate surface area is 125 Å². The van der Waals surface area contributed by atoms with Gasteiger partial charge in [0.2, 0.25) is 5.91 Å². The van der Waals surface area contributed by atoms with Gasteiger partial charge in [0.25, 0.3) is 5.91 Å². The molecule has 0 unspecified atom stereocenters. The van der Waals surface area contributed by atoms with Crippen LogP contribution >= 0.6 is 0 Å². The van der Waals surface area contributed by atoms with Crippen LogP contribution in [0.5, 0.6) is 0 Å². The van der Waals surface area contributed by atoms with E-state index in [2.05, 4.69) is 10.6 Å². The molecular formula is C15H23N3O3. The summed E-state index contributed by atoms with van der Waals surface area (Å²) in [5.41, 5.74) is 1.92. The summed E-state index contributed by atoms with van der Waals surface area (Å²) < 4.78 is 4.91. The Kier molecular flexibility index (Phi) is 6.68. The number of hydrogen-bond donors (Lipinski definition) is 2.